The zero-order valence-electron chi connectivity index (χ0n) is 17.6. The van der Waals surface area contributed by atoms with Crippen LogP contribution in [0.5, 0.6) is 0 Å². The van der Waals surface area contributed by atoms with Crippen molar-refractivity contribution in [1.29, 1.82) is 0 Å². The Kier molecular flexibility index (Phi) is 7.68. The Morgan fingerprint density at radius 2 is 1.94 bits per heavy atom. The highest BCUT2D eigenvalue weighted by atomic mass is 19.4. The maximum absolute atomic E-state index is 13.2. The van der Waals surface area contributed by atoms with Crippen molar-refractivity contribution >= 4 is 11.8 Å². The molecule has 4 nitrogen and oxygen atoms in total. The Balaban J connectivity index is 1.69. The first-order valence-corrected chi connectivity index (χ1v) is 10.9. The molecule has 0 N–H and O–H groups in total. The molecule has 2 atom stereocenters. The van der Waals surface area contributed by atoms with Gasteiger partial charge in [-0.1, -0.05) is 24.3 Å². The second kappa shape index (κ2) is 10.2. The van der Waals surface area contributed by atoms with E-state index in [0.29, 0.717) is 24.7 Å². The number of halogens is 3. The Labute approximate surface area is 180 Å². The number of esters is 1. The Hall–Kier alpha value is -2.44. The predicted octanol–water partition coefficient (Wildman–Crippen LogP) is 5.33. The number of hydrogen-bond acceptors (Lipinski definition) is 4. The van der Waals surface area contributed by atoms with Crippen LogP contribution >= 0.6 is 0 Å². The van der Waals surface area contributed by atoms with Gasteiger partial charge in [0.2, 0.25) is 0 Å². The lowest BCUT2D eigenvalue weighted by molar-refractivity contribution is -0.153. The zero-order valence-corrected chi connectivity index (χ0v) is 17.6. The van der Waals surface area contributed by atoms with Crippen molar-refractivity contribution in [2.24, 2.45) is 23.7 Å². The predicted molar refractivity (Wildman–Crippen MR) is 110 cm³/mol. The summed E-state index contributed by atoms with van der Waals surface area (Å²) >= 11 is 0. The summed E-state index contributed by atoms with van der Waals surface area (Å²) in [4.78, 5) is 29.7. The fourth-order valence-electron chi connectivity index (χ4n) is 4.58. The second-order valence-electron chi connectivity index (χ2n) is 8.27. The van der Waals surface area contributed by atoms with Gasteiger partial charge in [0.1, 0.15) is 5.92 Å². The summed E-state index contributed by atoms with van der Waals surface area (Å²) in [5, 5.41) is 0. The number of rotatable bonds is 7. The number of Topliss-reactive ketones (excluding diaryl/α,β-unsaturated/α-hetero) is 1. The number of allylic oxidation sites excluding steroid dienone is 4. The standard InChI is InChI=1S/C24H28F3NO3/c1-2-31-23(30)21(15-20-14-19(12-13-28-20)24(25,26)27)22(29)18-10-8-17(9-11-18)16-6-4-3-5-7-16/h3-6,12-14,16-18,21H,2,7-11,15H2,1H3. The van der Waals surface area contributed by atoms with Crippen LogP contribution in [-0.2, 0) is 26.9 Å². The van der Waals surface area contributed by atoms with Crippen molar-refractivity contribution in [3.05, 3.63) is 53.9 Å². The third-order valence-electron chi connectivity index (χ3n) is 6.27. The molecule has 7 heteroatoms. The van der Waals surface area contributed by atoms with Gasteiger partial charge in [-0.2, -0.15) is 13.2 Å². The van der Waals surface area contributed by atoms with E-state index in [1.54, 1.807) is 6.92 Å². The first-order chi connectivity index (χ1) is 14.8. The van der Waals surface area contributed by atoms with Gasteiger partial charge >= 0.3 is 12.1 Å². The van der Waals surface area contributed by atoms with Gasteiger partial charge in [0.05, 0.1) is 12.2 Å². The molecule has 1 aromatic rings. The molecule has 1 saturated carbocycles. The fraction of sp³-hybridized carbons (Fsp3) is 0.542. The van der Waals surface area contributed by atoms with Crippen molar-refractivity contribution in [3.63, 3.8) is 0 Å². The maximum atomic E-state index is 13.2. The molecule has 0 aromatic carbocycles. The van der Waals surface area contributed by atoms with Crippen LogP contribution < -0.4 is 0 Å². The summed E-state index contributed by atoms with van der Waals surface area (Å²) in [6, 6.07) is 1.78. The van der Waals surface area contributed by atoms with Crippen molar-refractivity contribution in [2.45, 2.75) is 51.6 Å². The number of nitrogens with zero attached hydrogens (tertiary/aromatic N) is 1. The molecule has 31 heavy (non-hydrogen) atoms. The van der Waals surface area contributed by atoms with E-state index in [9.17, 15) is 22.8 Å². The van der Waals surface area contributed by atoms with E-state index in [4.69, 9.17) is 4.74 Å². The van der Waals surface area contributed by atoms with E-state index < -0.39 is 23.6 Å². The molecule has 0 bridgehead atoms. The average Bonchev–Trinajstić information content (AvgIpc) is 2.77. The fourth-order valence-corrected chi connectivity index (χ4v) is 4.58. The second-order valence-corrected chi connectivity index (χ2v) is 8.27. The third kappa shape index (κ3) is 6.05. The molecule has 2 unspecified atom stereocenters. The van der Waals surface area contributed by atoms with E-state index in [0.717, 1.165) is 37.6 Å². The molecule has 0 saturated heterocycles. The molecule has 0 spiro atoms. The van der Waals surface area contributed by atoms with Gasteiger partial charge in [-0.15, -0.1) is 0 Å². The molecule has 2 aliphatic carbocycles. The molecule has 0 amide bonds. The monoisotopic (exact) mass is 435 g/mol. The lowest BCUT2D eigenvalue weighted by Crippen LogP contribution is -2.35. The minimum atomic E-state index is -4.51. The van der Waals surface area contributed by atoms with Crippen LogP contribution in [-0.4, -0.2) is 23.3 Å². The number of pyridine rings is 1. The number of ether oxygens (including phenoxy) is 1. The smallest absolute Gasteiger partial charge is 0.416 e. The van der Waals surface area contributed by atoms with Gasteiger partial charge < -0.3 is 4.74 Å². The molecule has 3 rings (SSSR count). The summed E-state index contributed by atoms with van der Waals surface area (Å²) in [5.74, 6) is -1.34. The molecule has 1 fully saturated rings. The van der Waals surface area contributed by atoms with E-state index in [2.05, 4.69) is 23.2 Å². The van der Waals surface area contributed by atoms with Gasteiger partial charge in [-0.05, 0) is 63.0 Å². The summed E-state index contributed by atoms with van der Waals surface area (Å²) in [6.45, 7) is 1.74. The average molecular weight is 435 g/mol. The van der Waals surface area contributed by atoms with Crippen LogP contribution in [0.2, 0.25) is 0 Å². The van der Waals surface area contributed by atoms with E-state index >= 15 is 0 Å². The minimum Gasteiger partial charge on any atom is -0.465 e. The molecule has 0 aliphatic heterocycles. The quantitative estimate of drug-likeness (QED) is 0.429. The molecule has 2 aliphatic rings. The lowest BCUT2D eigenvalue weighted by Gasteiger charge is -2.33. The molecular formula is C24H28F3NO3. The van der Waals surface area contributed by atoms with Crippen molar-refractivity contribution in [3.8, 4) is 0 Å². The largest absolute Gasteiger partial charge is 0.465 e. The van der Waals surface area contributed by atoms with Crippen LogP contribution in [0, 0.1) is 23.7 Å². The van der Waals surface area contributed by atoms with Crippen LogP contribution in [0.25, 0.3) is 0 Å². The van der Waals surface area contributed by atoms with Gasteiger partial charge in [-0.25, -0.2) is 0 Å². The van der Waals surface area contributed by atoms with Crippen LogP contribution in [0.1, 0.15) is 50.3 Å². The van der Waals surface area contributed by atoms with E-state index in [1.807, 2.05) is 6.08 Å². The van der Waals surface area contributed by atoms with Gasteiger partial charge in [0.15, 0.2) is 5.78 Å². The Morgan fingerprint density at radius 1 is 1.19 bits per heavy atom. The SMILES string of the molecule is CCOC(=O)C(Cc1cc(C(F)(F)F)ccn1)C(=O)C1CCC(C2C=CC=CC2)CC1. The molecule has 1 heterocycles. The molecule has 1 aromatic heterocycles. The van der Waals surface area contributed by atoms with E-state index in [-0.39, 0.29) is 30.4 Å². The highest BCUT2D eigenvalue weighted by molar-refractivity contribution is 6.00. The number of aromatic nitrogens is 1. The summed E-state index contributed by atoms with van der Waals surface area (Å²) in [6.07, 6.45) is 9.00. The number of ketones is 1. The van der Waals surface area contributed by atoms with Crippen LogP contribution in [0.4, 0.5) is 13.2 Å². The highest BCUT2D eigenvalue weighted by Gasteiger charge is 2.37. The molecular weight excluding hydrogens is 407 g/mol. The molecule has 0 radical (unpaired) electrons. The molecule has 168 valence electrons. The first kappa shape index (κ1) is 23.2. The minimum absolute atomic E-state index is 0.0639. The number of hydrogen-bond donors (Lipinski definition) is 0. The lowest BCUT2D eigenvalue weighted by atomic mass is 9.71. The van der Waals surface area contributed by atoms with Crippen molar-refractivity contribution in [2.75, 3.05) is 6.61 Å². The normalized spacial score (nSPS) is 24.6. The summed E-state index contributed by atoms with van der Waals surface area (Å²) in [5.41, 5.74) is -0.781. The highest BCUT2D eigenvalue weighted by Crippen LogP contribution is 2.38. The van der Waals surface area contributed by atoms with Crippen molar-refractivity contribution in [1.82, 2.24) is 4.98 Å². The van der Waals surface area contributed by atoms with Gasteiger partial charge in [-0.3, -0.25) is 14.6 Å². The van der Waals surface area contributed by atoms with Crippen LogP contribution in [0.3, 0.4) is 0 Å². The number of carbonyl (C=O) groups is 2. The zero-order chi connectivity index (χ0) is 22.4. The third-order valence-corrected chi connectivity index (χ3v) is 6.27. The maximum Gasteiger partial charge on any atom is 0.416 e. The number of carbonyl (C=O) groups excluding carboxylic acids is 2. The van der Waals surface area contributed by atoms with Gasteiger partial charge in [0.25, 0.3) is 0 Å². The van der Waals surface area contributed by atoms with Crippen molar-refractivity contribution < 1.29 is 27.5 Å². The van der Waals surface area contributed by atoms with Gasteiger partial charge in [0, 0.05) is 24.2 Å². The number of alkyl halides is 3. The Bertz CT molecular complexity index is 839. The first-order valence-electron chi connectivity index (χ1n) is 10.9. The van der Waals surface area contributed by atoms with E-state index in [1.165, 1.54) is 0 Å². The summed E-state index contributed by atoms with van der Waals surface area (Å²) < 4.78 is 44.2. The summed E-state index contributed by atoms with van der Waals surface area (Å²) in [7, 11) is 0. The topological polar surface area (TPSA) is 56.3 Å². The Morgan fingerprint density at radius 3 is 2.55 bits per heavy atom. The van der Waals surface area contributed by atoms with Crippen LogP contribution in [0.15, 0.2) is 42.6 Å².